The highest BCUT2D eigenvalue weighted by Crippen LogP contribution is 2.30. The zero-order valence-corrected chi connectivity index (χ0v) is 14.4. The van der Waals surface area contributed by atoms with Crippen LogP contribution in [-0.4, -0.2) is 17.1 Å². The summed E-state index contributed by atoms with van der Waals surface area (Å²) in [7, 11) is 1.57. The summed E-state index contributed by atoms with van der Waals surface area (Å²) >= 11 is 6.04. The molecule has 0 atom stereocenters. The molecule has 0 radical (unpaired) electrons. The number of halogens is 2. The van der Waals surface area contributed by atoms with E-state index in [9.17, 15) is 4.39 Å². The summed E-state index contributed by atoms with van der Waals surface area (Å²) in [5.41, 5.74) is 1.70. The highest BCUT2D eigenvalue weighted by Gasteiger charge is 2.09. The molecule has 0 aliphatic rings. The maximum atomic E-state index is 13.8. The predicted octanol–water partition coefficient (Wildman–Crippen LogP) is 5.07. The molecule has 2 N–H and O–H groups in total. The zero-order valence-electron chi connectivity index (χ0n) is 13.7. The van der Waals surface area contributed by atoms with Crippen LogP contribution in [0.15, 0.2) is 48.5 Å². The smallest absolute Gasteiger partial charge is 0.229 e. The Morgan fingerprint density at radius 2 is 1.80 bits per heavy atom. The largest absolute Gasteiger partial charge is 0.495 e. The SMILES string of the molecule is COc1ccc(Cl)cc1Nc1cc(C)nc(Nc2ccccc2F)n1. The molecule has 3 rings (SSSR count). The van der Waals surface area contributed by atoms with E-state index in [4.69, 9.17) is 16.3 Å². The van der Waals surface area contributed by atoms with Crippen LogP contribution in [0.1, 0.15) is 5.69 Å². The molecule has 0 fully saturated rings. The van der Waals surface area contributed by atoms with Gasteiger partial charge >= 0.3 is 0 Å². The second kappa shape index (κ2) is 7.36. The molecule has 0 aliphatic heterocycles. The van der Waals surface area contributed by atoms with E-state index in [0.717, 1.165) is 5.69 Å². The van der Waals surface area contributed by atoms with Gasteiger partial charge in [-0.2, -0.15) is 4.98 Å². The van der Waals surface area contributed by atoms with Crippen LogP contribution in [0.5, 0.6) is 5.75 Å². The standard InChI is InChI=1S/C18H16ClFN4O/c1-11-9-17(22-15-10-12(19)7-8-16(15)25-2)24-18(21-11)23-14-6-4-3-5-13(14)20/h3-10H,1-2H3,(H2,21,22,23,24). The fraction of sp³-hybridized carbons (Fsp3) is 0.111. The van der Waals surface area contributed by atoms with Gasteiger partial charge in [-0.05, 0) is 37.3 Å². The highest BCUT2D eigenvalue weighted by atomic mass is 35.5. The second-order valence-corrected chi connectivity index (χ2v) is 5.73. The molecule has 0 saturated carbocycles. The lowest BCUT2D eigenvalue weighted by Crippen LogP contribution is -2.04. The Morgan fingerprint density at radius 3 is 2.56 bits per heavy atom. The van der Waals surface area contributed by atoms with Gasteiger partial charge in [-0.1, -0.05) is 23.7 Å². The quantitative estimate of drug-likeness (QED) is 0.666. The Balaban J connectivity index is 1.90. The fourth-order valence-electron chi connectivity index (χ4n) is 2.29. The van der Waals surface area contributed by atoms with Crippen molar-refractivity contribution >= 4 is 34.7 Å². The lowest BCUT2D eigenvalue weighted by Gasteiger charge is -2.13. The third-order valence-electron chi connectivity index (χ3n) is 3.40. The van der Waals surface area contributed by atoms with Crippen LogP contribution in [0.4, 0.5) is 27.5 Å². The molecule has 1 heterocycles. The number of benzene rings is 2. The fourth-order valence-corrected chi connectivity index (χ4v) is 2.46. The van der Waals surface area contributed by atoms with Crippen molar-refractivity contribution in [1.29, 1.82) is 0 Å². The molecule has 2 aromatic carbocycles. The average molecular weight is 359 g/mol. The molecule has 0 saturated heterocycles. The maximum absolute atomic E-state index is 13.8. The number of aromatic nitrogens is 2. The van der Waals surface area contributed by atoms with Crippen molar-refractivity contribution in [2.45, 2.75) is 6.92 Å². The van der Waals surface area contributed by atoms with E-state index in [0.29, 0.717) is 28.0 Å². The molecule has 0 amide bonds. The van der Waals surface area contributed by atoms with Gasteiger partial charge in [0.25, 0.3) is 0 Å². The maximum Gasteiger partial charge on any atom is 0.229 e. The van der Waals surface area contributed by atoms with Crippen LogP contribution in [-0.2, 0) is 0 Å². The molecular weight excluding hydrogens is 343 g/mol. The molecule has 25 heavy (non-hydrogen) atoms. The first-order chi connectivity index (χ1) is 12.0. The van der Waals surface area contributed by atoms with Crippen molar-refractivity contribution in [1.82, 2.24) is 9.97 Å². The van der Waals surface area contributed by atoms with Gasteiger partial charge in [0.2, 0.25) is 5.95 Å². The van der Waals surface area contributed by atoms with Crippen LogP contribution < -0.4 is 15.4 Å². The van der Waals surface area contributed by atoms with Crippen molar-refractivity contribution < 1.29 is 9.13 Å². The Hall–Kier alpha value is -2.86. The molecule has 0 bridgehead atoms. The Bertz CT molecular complexity index is 904. The highest BCUT2D eigenvalue weighted by molar-refractivity contribution is 6.31. The van der Waals surface area contributed by atoms with Gasteiger partial charge < -0.3 is 15.4 Å². The van der Waals surface area contributed by atoms with Crippen molar-refractivity contribution in [3.05, 3.63) is 65.1 Å². The number of ether oxygens (including phenoxy) is 1. The topological polar surface area (TPSA) is 59.1 Å². The number of hydrogen-bond donors (Lipinski definition) is 2. The number of nitrogens with zero attached hydrogens (tertiary/aromatic N) is 2. The second-order valence-electron chi connectivity index (χ2n) is 5.29. The first-order valence-electron chi connectivity index (χ1n) is 7.53. The van der Waals surface area contributed by atoms with Gasteiger partial charge in [-0.3, -0.25) is 0 Å². The Labute approximate surface area is 149 Å². The number of nitrogens with one attached hydrogen (secondary N) is 2. The van der Waals surface area contributed by atoms with Gasteiger partial charge in [0.1, 0.15) is 17.4 Å². The molecule has 1 aromatic heterocycles. The number of anilines is 4. The zero-order chi connectivity index (χ0) is 17.8. The normalized spacial score (nSPS) is 10.4. The molecule has 0 spiro atoms. The summed E-state index contributed by atoms with van der Waals surface area (Å²) in [5, 5.41) is 6.60. The van der Waals surface area contributed by atoms with Gasteiger partial charge in [0.15, 0.2) is 0 Å². The van der Waals surface area contributed by atoms with Gasteiger partial charge in [0, 0.05) is 16.8 Å². The van der Waals surface area contributed by atoms with E-state index >= 15 is 0 Å². The van der Waals surface area contributed by atoms with Crippen molar-refractivity contribution in [3.8, 4) is 5.75 Å². The summed E-state index contributed by atoms with van der Waals surface area (Å²) in [5.74, 6) is 1.07. The summed E-state index contributed by atoms with van der Waals surface area (Å²) in [6.45, 7) is 1.83. The number of methoxy groups -OCH3 is 1. The summed E-state index contributed by atoms with van der Waals surface area (Å²) in [6, 6.07) is 13.4. The number of para-hydroxylation sites is 1. The van der Waals surface area contributed by atoms with Crippen LogP contribution in [0.2, 0.25) is 5.02 Å². The first kappa shape index (κ1) is 17.0. The molecule has 3 aromatic rings. The lowest BCUT2D eigenvalue weighted by atomic mass is 10.3. The number of hydrogen-bond acceptors (Lipinski definition) is 5. The van der Waals surface area contributed by atoms with Crippen LogP contribution >= 0.6 is 11.6 Å². The van der Waals surface area contributed by atoms with Crippen molar-refractivity contribution in [2.24, 2.45) is 0 Å². The summed E-state index contributed by atoms with van der Waals surface area (Å²) < 4.78 is 19.1. The monoisotopic (exact) mass is 358 g/mol. The molecule has 7 heteroatoms. The molecule has 5 nitrogen and oxygen atoms in total. The molecule has 0 unspecified atom stereocenters. The van der Waals surface area contributed by atoms with Gasteiger partial charge in [-0.25, -0.2) is 9.37 Å². The average Bonchev–Trinajstić information content (AvgIpc) is 2.57. The van der Waals surface area contributed by atoms with Crippen LogP contribution in [0.3, 0.4) is 0 Å². The minimum absolute atomic E-state index is 0.286. The number of aryl methyl sites for hydroxylation is 1. The number of rotatable bonds is 5. The Kier molecular flexibility index (Phi) is 5.00. The van der Waals surface area contributed by atoms with Gasteiger partial charge in [-0.15, -0.1) is 0 Å². The first-order valence-corrected chi connectivity index (χ1v) is 7.91. The van der Waals surface area contributed by atoms with Gasteiger partial charge in [0.05, 0.1) is 18.5 Å². The third-order valence-corrected chi connectivity index (χ3v) is 3.63. The van der Waals surface area contributed by atoms with E-state index in [1.54, 1.807) is 49.6 Å². The van der Waals surface area contributed by atoms with E-state index in [-0.39, 0.29) is 11.8 Å². The van der Waals surface area contributed by atoms with E-state index in [1.165, 1.54) is 6.07 Å². The summed E-state index contributed by atoms with van der Waals surface area (Å²) in [6.07, 6.45) is 0. The van der Waals surface area contributed by atoms with E-state index < -0.39 is 0 Å². The minimum Gasteiger partial charge on any atom is -0.495 e. The van der Waals surface area contributed by atoms with Crippen molar-refractivity contribution in [3.63, 3.8) is 0 Å². The lowest BCUT2D eigenvalue weighted by molar-refractivity contribution is 0.417. The molecule has 0 aliphatic carbocycles. The van der Waals surface area contributed by atoms with E-state index in [1.807, 2.05) is 6.92 Å². The minimum atomic E-state index is -0.376. The predicted molar refractivity (Wildman–Crippen MR) is 97.7 cm³/mol. The summed E-state index contributed by atoms with van der Waals surface area (Å²) in [4.78, 5) is 8.66. The van der Waals surface area contributed by atoms with E-state index in [2.05, 4.69) is 20.6 Å². The van der Waals surface area contributed by atoms with Crippen molar-refractivity contribution in [2.75, 3.05) is 17.7 Å². The third kappa shape index (κ3) is 4.16. The van der Waals surface area contributed by atoms with Crippen LogP contribution in [0.25, 0.3) is 0 Å². The molecular formula is C18H16ClFN4O. The van der Waals surface area contributed by atoms with Crippen LogP contribution in [0, 0.1) is 12.7 Å². The Morgan fingerprint density at radius 1 is 1.00 bits per heavy atom. The molecule has 128 valence electrons.